The number of imidazole rings is 1. The number of aryl methyl sites for hydroxylation is 1. The van der Waals surface area contributed by atoms with E-state index in [1.807, 2.05) is 0 Å². The van der Waals surface area contributed by atoms with E-state index in [0.717, 1.165) is 25.7 Å². The van der Waals surface area contributed by atoms with Crippen LogP contribution in [0.15, 0.2) is 17.2 Å². The van der Waals surface area contributed by atoms with Crippen LogP contribution >= 0.6 is 0 Å². The van der Waals surface area contributed by atoms with E-state index in [1.165, 1.54) is 15.6 Å². The zero-order chi connectivity index (χ0) is 11.5. The number of carbonyl (C=O) groups excluding carboxylic acids is 1. The molecule has 0 amide bonds. The van der Waals surface area contributed by atoms with E-state index in [2.05, 4.69) is 0 Å². The molecule has 0 aliphatic heterocycles. The summed E-state index contributed by atoms with van der Waals surface area (Å²) in [6.45, 7) is 0.240. The van der Waals surface area contributed by atoms with Gasteiger partial charge in [-0.15, -0.1) is 0 Å². The molecule has 0 unspecified atom stereocenters. The van der Waals surface area contributed by atoms with Gasteiger partial charge in [0.15, 0.2) is 5.78 Å². The van der Waals surface area contributed by atoms with E-state index in [4.69, 9.17) is 0 Å². The van der Waals surface area contributed by atoms with Crippen LogP contribution in [0.4, 0.5) is 0 Å². The number of rotatable bonds is 3. The van der Waals surface area contributed by atoms with Crippen molar-refractivity contribution in [1.29, 1.82) is 0 Å². The van der Waals surface area contributed by atoms with Gasteiger partial charge in [0.2, 0.25) is 0 Å². The largest absolute Gasteiger partial charge is 0.328 e. The maximum atomic E-state index is 12.0. The van der Waals surface area contributed by atoms with Crippen molar-refractivity contribution in [3.05, 3.63) is 22.9 Å². The van der Waals surface area contributed by atoms with Gasteiger partial charge in [0.25, 0.3) is 0 Å². The molecule has 0 aromatic carbocycles. The summed E-state index contributed by atoms with van der Waals surface area (Å²) in [6.07, 6.45) is 8.93. The highest BCUT2D eigenvalue weighted by Gasteiger charge is 2.21. The molecule has 1 heterocycles. The first-order chi connectivity index (χ1) is 7.68. The predicted molar refractivity (Wildman–Crippen MR) is 61.3 cm³/mol. The Morgan fingerprint density at radius 1 is 1.31 bits per heavy atom. The number of ketones is 1. The molecule has 4 heteroatoms. The zero-order valence-electron chi connectivity index (χ0n) is 9.69. The fourth-order valence-electron chi connectivity index (χ4n) is 2.35. The Hall–Kier alpha value is -1.32. The van der Waals surface area contributed by atoms with E-state index in [9.17, 15) is 9.59 Å². The summed E-state index contributed by atoms with van der Waals surface area (Å²) in [7, 11) is 1.70. The highest BCUT2D eigenvalue weighted by molar-refractivity contribution is 5.80. The number of nitrogens with zero attached hydrogens (tertiary/aromatic N) is 2. The topological polar surface area (TPSA) is 44.0 Å². The number of aromatic nitrogens is 2. The third-order valence-electron chi connectivity index (χ3n) is 3.40. The number of Topliss-reactive ketones (excluding diaryl/α,β-unsaturated/α-hetero) is 1. The molecule has 2 rings (SSSR count). The molecule has 0 atom stereocenters. The van der Waals surface area contributed by atoms with E-state index in [0.29, 0.717) is 0 Å². The Labute approximate surface area is 94.9 Å². The van der Waals surface area contributed by atoms with Crippen LogP contribution in [0, 0.1) is 5.92 Å². The first-order valence-corrected chi connectivity index (χ1v) is 5.93. The molecular formula is C12H18N2O2. The lowest BCUT2D eigenvalue weighted by atomic mass is 9.86. The minimum Gasteiger partial charge on any atom is -0.302 e. The van der Waals surface area contributed by atoms with Gasteiger partial charge in [0.1, 0.15) is 0 Å². The summed E-state index contributed by atoms with van der Waals surface area (Å²) >= 11 is 0. The minimum atomic E-state index is -0.107. The van der Waals surface area contributed by atoms with Crippen molar-refractivity contribution in [3.8, 4) is 0 Å². The van der Waals surface area contributed by atoms with Crippen LogP contribution in [-0.2, 0) is 18.4 Å². The smallest absolute Gasteiger partial charge is 0.302 e. The second kappa shape index (κ2) is 4.68. The molecule has 1 aliphatic rings. The number of carbonyl (C=O) groups is 1. The van der Waals surface area contributed by atoms with Crippen LogP contribution < -0.4 is 5.69 Å². The number of hydrogen-bond donors (Lipinski definition) is 0. The van der Waals surface area contributed by atoms with Crippen LogP contribution in [0.25, 0.3) is 0 Å². The second-order valence-electron chi connectivity index (χ2n) is 4.62. The van der Waals surface area contributed by atoms with Crippen molar-refractivity contribution in [2.75, 3.05) is 0 Å². The van der Waals surface area contributed by atoms with Gasteiger partial charge < -0.3 is 4.57 Å². The normalized spacial score (nSPS) is 17.6. The van der Waals surface area contributed by atoms with Crippen LogP contribution in [0.3, 0.4) is 0 Å². The number of hydrogen-bond acceptors (Lipinski definition) is 2. The van der Waals surface area contributed by atoms with Gasteiger partial charge in [0.05, 0.1) is 6.54 Å². The SMILES string of the molecule is Cn1ccn(CC(=O)C2CCCCC2)c1=O. The maximum absolute atomic E-state index is 12.0. The molecule has 16 heavy (non-hydrogen) atoms. The van der Waals surface area contributed by atoms with Gasteiger partial charge in [-0.2, -0.15) is 0 Å². The van der Waals surface area contributed by atoms with E-state index >= 15 is 0 Å². The van der Waals surface area contributed by atoms with Gasteiger partial charge in [-0.05, 0) is 12.8 Å². The highest BCUT2D eigenvalue weighted by Crippen LogP contribution is 2.24. The Kier molecular flexibility index (Phi) is 3.27. The van der Waals surface area contributed by atoms with Crippen LogP contribution in [0.5, 0.6) is 0 Å². The van der Waals surface area contributed by atoms with Crippen LogP contribution in [-0.4, -0.2) is 14.9 Å². The zero-order valence-corrected chi connectivity index (χ0v) is 9.69. The fourth-order valence-corrected chi connectivity index (χ4v) is 2.35. The van der Waals surface area contributed by atoms with Crippen LogP contribution in [0.2, 0.25) is 0 Å². The average Bonchev–Trinajstić information content (AvgIpc) is 2.62. The molecule has 1 fully saturated rings. The minimum absolute atomic E-state index is 0.107. The van der Waals surface area contributed by atoms with Crippen molar-refractivity contribution in [3.63, 3.8) is 0 Å². The molecule has 1 aromatic heterocycles. The average molecular weight is 222 g/mol. The molecule has 1 aromatic rings. The lowest BCUT2D eigenvalue weighted by Crippen LogP contribution is -2.29. The molecular weight excluding hydrogens is 204 g/mol. The highest BCUT2D eigenvalue weighted by atomic mass is 16.2. The van der Waals surface area contributed by atoms with Crippen molar-refractivity contribution in [2.24, 2.45) is 13.0 Å². The third kappa shape index (κ3) is 2.26. The first kappa shape index (κ1) is 11.2. The summed E-state index contributed by atoms with van der Waals surface area (Å²) in [5.74, 6) is 0.397. The summed E-state index contributed by atoms with van der Waals surface area (Å²) in [4.78, 5) is 23.5. The Morgan fingerprint density at radius 2 is 2.00 bits per heavy atom. The molecule has 0 spiro atoms. The predicted octanol–water partition coefficient (Wildman–Crippen LogP) is 1.34. The monoisotopic (exact) mass is 222 g/mol. The molecule has 0 saturated heterocycles. The molecule has 1 saturated carbocycles. The Balaban J connectivity index is 2.01. The van der Waals surface area contributed by atoms with E-state index in [-0.39, 0.29) is 23.9 Å². The van der Waals surface area contributed by atoms with Crippen molar-refractivity contribution < 1.29 is 4.79 Å². The second-order valence-corrected chi connectivity index (χ2v) is 4.62. The van der Waals surface area contributed by atoms with Gasteiger partial charge >= 0.3 is 5.69 Å². The van der Waals surface area contributed by atoms with E-state index < -0.39 is 0 Å². The molecule has 88 valence electrons. The molecule has 4 nitrogen and oxygen atoms in total. The third-order valence-corrected chi connectivity index (χ3v) is 3.40. The summed E-state index contributed by atoms with van der Waals surface area (Å²) in [5, 5.41) is 0. The lowest BCUT2D eigenvalue weighted by molar-refractivity contribution is -0.124. The summed E-state index contributed by atoms with van der Waals surface area (Å²) < 4.78 is 2.99. The van der Waals surface area contributed by atoms with Crippen molar-refractivity contribution in [1.82, 2.24) is 9.13 Å². The summed E-state index contributed by atoms with van der Waals surface area (Å²) in [6, 6.07) is 0. The molecule has 0 N–H and O–H groups in total. The molecule has 0 bridgehead atoms. The Bertz CT molecular complexity index is 424. The lowest BCUT2D eigenvalue weighted by Gasteiger charge is -2.20. The van der Waals surface area contributed by atoms with Crippen molar-refractivity contribution >= 4 is 5.78 Å². The van der Waals surface area contributed by atoms with Gasteiger partial charge in [-0.1, -0.05) is 19.3 Å². The maximum Gasteiger partial charge on any atom is 0.328 e. The van der Waals surface area contributed by atoms with Gasteiger partial charge in [-0.3, -0.25) is 9.36 Å². The molecule has 1 aliphatic carbocycles. The van der Waals surface area contributed by atoms with Gasteiger partial charge in [-0.25, -0.2) is 4.79 Å². The first-order valence-electron chi connectivity index (χ1n) is 5.93. The summed E-state index contributed by atoms with van der Waals surface area (Å²) in [5.41, 5.74) is -0.107. The van der Waals surface area contributed by atoms with Gasteiger partial charge in [0, 0.05) is 25.4 Å². The van der Waals surface area contributed by atoms with Crippen molar-refractivity contribution in [2.45, 2.75) is 38.6 Å². The fraction of sp³-hybridized carbons (Fsp3) is 0.667. The Morgan fingerprint density at radius 3 is 2.56 bits per heavy atom. The molecule has 0 radical (unpaired) electrons. The van der Waals surface area contributed by atoms with Crippen LogP contribution in [0.1, 0.15) is 32.1 Å². The standard InChI is InChI=1S/C12H18N2O2/c1-13-7-8-14(12(13)16)9-11(15)10-5-3-2-4-6-10/h7-8,10H,2-6,9H2,1H3. The quantitative estimate of drug-likeness (QED) is 0.774. The van der Waals surface area contributed by atoms with E-state index in [1.54, 1.807) is 19.4 Å².